The topological polar surface area (TPSA) is 87.8 Å². The number of anilines is 1. The zero-order valence-electron chi connectivity index (χ0n) is 18.7. The number of aromatic nitrogens is 4. The molecule has 3 rings (SSSR count). The first-order chi connectivity index (χ1) is 14.9. The second kappa shape index (κ2) is 10.1. The molecular formula is C22H31N7O2. The van der Waals surface area contributed by atoms with E-state index in [2.05, 4.69) is 10.3 Å². The Balaban J connectivity index is 1.78. The summed E-state index contributed by atoms with van der Waals surface area (Å²) in [6.07, 6.45) is 8.78. The van der Waals surface area contributed by atoms with Crippen LogP contribution in [0.4, 0.5) is 5.82 Å². The summed E-state index contributed by atoms with van der Waals surface area (Å²) in [6.45, 7) is 6.35. The minimum atomic E-state index is -0.127. The van der Waals surface area contributed by atoms with Gasteiger partial charge in [0.2, 0.25) is 5.91 Å². The van der Waals surface area contributed by atoms with Crippen molar-refractivity contribution in [2.24, 2.45) is 0 Å². The largest absolute Gasteiger partial charge is 0.352 e. The molecule has 1 N–H and O–H groups in total. The Morgan fingerprint density at radius 2 is 2.00 bits per heavy atom. The van der Waals surface area contributed by atoms with Crippen LogP contribution in [-0.2, 0) is 17.8 Å². The molecule has 31 heavy (non-hydrogen) atoms. The Hall–Kier alpha value is -3.36. The number of fused-ring (bicyclic) bond motifs is 1. The number of carbonyl (C=O) groups is 2. The van der Waals surface area contributed by atoms with Crippen molar-refractivity contribution in [2.45, 2.75) is 33.2 Å². The summed E-state index contributed by atoms with van der Waals surface area (Å²) in [4.78, 5) is 37.4. The van der Waals surface area contributed by atoms with Gasteiger partial charge in [-0.25, -0.2) is 9.97 Å². The number of imidazole rings is 2. The first-order valence-corrected chi connectivity index (χ1v) is 10.6. The maximum absolute atomic E-state index is 12.7. The Kier molecular flexibility index (Phi) is 7.28. The summed E-state index contributed by atoms with van der Waals surface area (Å²) < 4.78 is 3.91. The number of carbonyl (C=O) groups excluding carboxylic acids is 2. The van der Waals surface area contributed by atoms with Crippen LogP contribution in [0.2, 0.25) is 0 Å². The number of nitrogens with one attached hydrogen (secondary N) is 1. The van der Waals surface area contributed by atoms with Gasteiger partial charge in [-0.15, -0.1) is 0 Å². The highest BCUT2D eigenvalue weighted by Gasteiger charge is 2.20. The SMILES string of the molecule is CCc1nc2ccc(C(=O)NCCCn3ccnc3)cn2c1N(CC)CC(=O)N(C)C. The average molecular weight is 426 g/mol. The van der Waals surface area contributed by atoms with Crippen LogP contribution in [0.1, 0.15) is 36.3 Å². The quantitative estimate of drug-likeness (QED) is 0.501. The molecule has 2 amide bonds. The van der Waals surface area contributed by atoms with E-state index in [1.165, 1.54) is 0 Å². The highest BCUT2D eigenvalue weighted by molar-refractivity contribution is 5.94. The van der Waals surface area contributed by atoms with E-state index in [4.69, 9.17) is 4.98 Å². The standard InChI is InChI=1S/C22H31N7O2/c1-5-18-22(28(6-2)15-20(30)26(3)4)29-14-17(8-9-19(29)25-18)21(31)24-10-7-12-27-13-11-23-16-27/h8-9,11,13-14,16H,5-7,10,12,15H2,1-4H3,(H,24,31). The van der Waals surface area contributed by atoms with Crippen molar-refractivity contribution in [3.8, 4) is 0 Å². The van der Waals surface area contributed by atoms with E-state index in [0.717, 1.165) is 36.5 Å². The van der Waals surface area contributed by atoms with E-state index in [9.17, 15) is 9.59 Å². The zero-order chi connectivity index (χ0) is 22.4. The van der Waals surface area contributed by atoms with Gasteiger partial charge in [-0.2, -0.15) is 0 Å². The average Bonchev–Trinajstić information content (AvgIpc) is 3.41. The van der Waals surface area contributed by atoms with Gasteiger partial charge in [0.05, 0.1) is 24.1 Å². The van der Waals surface area contributed by atoms with Crippen molar-refractivity contribution < 1.29 is 9.59 Å². The minimum absolute atomic E-state index is 0.0191. The van der Waals surface area contributed by atoms with Crippen molar-refractivity contribution in [2.75, 3.05) is 38.6 Å². The maximum atomic E-state index is 12.7. The Morgan fingerprint density at radius 3 is 2.65 bits per heavy atom. The molecule has 0 radical (unpaired) electrons. The highest BCUT2D eigenvalue weighted by atomic mass is 16.2. The van der Waals surface area contributed by atoms with E-state index in [0.29, 0.717) is 18.7 Å². The number of hydrogen-bond donors (Lipinski definition) is 1. The van der Waals surface area contributed by atoms with Gasteiger partial charge in [-0.05, 0) is 31.9 Å². The summed E-state index contributed by atoms with van der Waals surface area (Å²) in [5.74, 6) is 0.758. The molecule has 0 fully saturated rings. The number of pyridine rings is 1. The molecule has 0 saturated heterocycles. The highest BCUT2D eigenvalue weighted by Crippen LogP contribution is 2.24. The summed E-state index contributed by atoms with van der Waals surface area (Å²) in [5.41, 5.74) is 2.23. The summed E-state index contributed by atoms with van der Waals surface area (Å²) in [7, 11) is 3.50. The van der Waals surface area contributed by atoms with Gasteiger partial charge < -0.3 is 19.7 Å². The molecule has 3 heterocycles. The van der Waals surface area contributed by atoms with Crippen LogP contribution in [0.15, 0.2) is 37.1 Å². The molecule has 0 bridgehead atoms. The molecular weight excluding hydrogens is 394 g/mol. The van der Waals surface area contributed by atoms with E-state index < -0.39 is 0 Å². The molecule has 0 saturated carbocycles. The Morgan fingerprint density at radius 1 is 1.19 bits per heavy atom. The third kappa shape index (κ3) is 5.22. The van der Waals surface area contributed by atoms with Gasteiger partial charge in [-0.3, -0.25) is 14.0 Å². The lowest BCUT2D eigenvalue weighted by Gasteiger charge is -2.24. The van der Waals surface area contributed by atoms with E-state index >= 15 is 0 Å². The number of likely N-dealkylation sites (N-methyl/N-ethyl adjacent to an activating group) is 2. The molecule has 3 aromatic rings. The van der Waals surface area contributed by atoms with Crippen LogP contribution in [0.25, 0.3) is 5.65 Å². The molecule has 0 aliphatic carbocycles. The van der Waals surface area contributed by atoms with E-state index in [1.807, 2.05) is 46.2 Å². The molecule has 0 spiro atoms. The molecule has 9 heteroatoms. The number of amides is 2. The van der Waals surface area contributed by atoms with Gasteiger partial charge in [-0.1, -0.05) is 6.92 Å². The molecule has 0 unspecified atom stereocenters. The number of aryl methyl sites for hydroxylation is 2. The van der Waals surface area contributed by atoms with Gasteiger partial charge in [0.15, 0.2) is 0 Å². The fraction of sp³-hybridized carbons (Fsp3) is 0.455. The van der Waals surface area contributed by atoms with Crippen molar-refractivity contribution in [3.05, 3.63) is 48.3 Å². The predicted octanol–water partition coefficient (Wildman–Crippen LogP) is 1.83. The fourth-order valence-electron chi connectivity index (χ4n) is 3.41. The van der Waals surface area contributed by atoms with Gasteiger partial charge in [0.1, 0.15) is 11.5 Å². The lowest BCUT2D eigenvalue weighted by molar-refractivity contribution is -0.127. The molecule has 0 aromatic carbocycles. The van der Waals surface area contributed by atoms with Gasteiger partial charge in [0.25, 0.3) is 5.91 Å². The monoisotopic (exact) mass is 425 g/mol. The second-order valence-corrected chi connectivity index (χ2v) is 7.59. The van der Waals surface area contributed by atoms with Crippen molar-refractivity contribution in [1.29, 1.82) is 0 Å². The van der Waals surface area contributed by atoms with Crippen LogP contribution in [-0.4, -0.2) is 69.4 Å². The van der Waals surface area contributed by atoms with Crippen LogP contribution < -0.4 is 10.2 Å². The first-order valence-electron chi connectivity index (χ1n) is 10.6. The smallest absolute Gasteiger partial charge is 0.252 e. The minimum Gasteiger partial charge on any atom is -0.352 e. The maximum Gasteiger partial charge on any atom is 0.252 e. The van der Waals surface area contributed by atoms with Crippen molar-refractivity contribution in [1.82, 2.24) is 29.2 Å². The number of nitrogens with zero attached hydrogens (tertiary/aromatic N) is 6. The van der Waals surface area contributed by atoms with Gasteiger partial charge in [0, 0.05) is 52.3 Å². The summed E-state index contributed by atoms with van der Waals surface area (Å²) in [5, 5.41) is 2.98. The normalized spacial score (nSPS) is 11.0. The van der Waals surface area contributed by atoms with Crippen LogP contribution in [0.3, 0.4) is 0 Å². The summed E-state index contributed by atoms with van der Waals surface area (Å²) >= 11 is 0. The zero-order valence-corrected chi connectivity index (χ0v) is 18.7. The first kappa shape index (κ1) is 22.3. The Bertz CT molecular complexity index is 1020. The molecule has 9 nitrogen and oxygen atoms in total. The van der Waals surface area contributed by atoms with E-state index in [-0.39, 0.29) is 18.4 Å². The second-order valence-electron chi connectivity index (χ2n) is 7.59. The number of hydrogen-bond acceptors (Lipinski definition) is 5. The predicted molar refractivity (Wildman–Crippen MR) is 120 cm³/mol. The third-order valence-electron chi connectivity index (χ3n) is 5.20. The van der Waals surface area contributed by atoms with Crippen molar-refractivity contribution in [3.63, 3.8) is 0 Å². The van der Waals surface area contributed by atoms with Crippen LogP contribution >= 0.6 is 0 Å². The molecule has 166 valence electrons. The summed E-state index contributed by atoms with van der Waals surface area (Å²) in [6, 6.07) is 3.64. The molecule has 0 aliphatic heterocycles. The van der Waals surface area contributed by atoms with Crippen LogP contribution in [0, 0.1) is 0 Å². The fourth-order valence-corrected chi connectivity index (χ4v) is 3.41. The molecule has 0 aliphatic rings. The molecule has 3 aromatic heterocycles. The van der Waals surface area contributed by atoms with Crippen LogP contribution in [0.5, 0.6) is 0 Å². The lowest BCUT2D eigenvalue weighted by Crippen LogP contribution is -2.37. The van der Waals surface area contributed by atoms with E-state index in [1.54, 1.807) is 37.6 Å². The van der Waals surface area contributed by atoms with Gasteiger partial charge >= 0.3 is 0 Å². The number of rotatable bonds is 10. The van der Waals surface area contributed by atoms with Crippen molar-refractivity contribution >= 4 is 23.3 Å². The molecule has 0 atom stereocenters. The Labute approximate surface area is 182 Å². The third-order valence-corrected chi connectivity index (χ3v) is 5.20. The lowest BCUT2D eigenvalue weighted by atomic mass is 10.2.